The van der Waals surface area contributed by atoms with E-state index in [9.17, 15) is 0 Å². The molecular formula is C9H13N. The fourth-order valence-corrected chi connectivity index (χ4v) is 0.930. The highest BCUT2D eigenvalue weighted by atomic mass is 14.6. The molecule has 0 spiro atoms. The first-order chi connectivity index (χ1) is 4.84. The van der Waals surface area contributed by atoms with Gasteiger partial charge in [0.1, 0.15) is 0 Å². The van der Waals surface area contributed by atoms with Gasteiger partial charge in [-0.25, -0.2) is 0 Å². The van der Waals surface area contributed by atoms with Crippen LogP contribution in [0.3, 0.4) is 0 Å². The molecule has 0 amide bonds. The van der Waals surface area contributed by atoms with Gasteiger partial charge in [0.2, 0.25) is 0 Å². The molecule has 1 aliphatic carbocycles. The van der Waals surface area contributed by atoms with Gasteiger partial charge in [0.05, 0.1) is 0 Å². The summed E-state index contributed by atoms with van der Waals surface area (Å²) in [5, 5.41) is 0. The smallest absolute Gasteiger partial charge is 0.0260 e. The Morgan fingerprint density at radius 3 is 2.80 bits per heavy atom. The lowest BCUT2D eigenvalue weighted by molar-refractivity contribution is 1.01. The third kappa shape index (κ3) is 2.18. The average Bonchev–Trinajstić information content (AvgIpc) is 2.69. The molecule has 10 heavy (non-hydrogen) atoms. The molecule has 1 heteroatoms. The molecule has 1 fully saturated rings. The minimum atomic E-state index is 0.870. The predicted octanol–water partition coefficient (Wildman–Crippen LogP) is 2.56. The lowest BCUT2D eigenvalue weighted by atomic mass is 10.2. The summed E-state index contributed by atoms with van der Waals surface area (Å²) < 4.78 is 0. The Bertz CT molecular complexity index is 173. The minimum Gasteiger partial charge on any atom is -0.273 e. The zero-order chi connectivity index (χ0) is 7.40. The van der Waals surface area contributed by atoms with E-state index in [2.05, 4.69) is 24.7 Å². The Morgan fingerprint density at radius 1 is 1.60 bits per heavy atom. The predicted molar refractivity (Wildman–Crippen MR) is 45.2 cm³/mol. The van der Waals surface area contributed by atoms with Gasteiger partial charge in [-0.05, 0) is 38.5 Å². The van der Waals surface area contributed by atoms with Crippen LogP contribution in [0.5, 0.6) is 0 Å². The van der Waals surface area contributed by atoms with Crippen molar-refractivity contribution < 1.29 is 0 Å². The van der Waals surface area contributed by atoms with E-state index >= 15 is 0 Å². The van der Waals surface area contributed by atoms with Crippen LogP contribution in [0.4, 0.5) is 0 Å². The maximum absolute atomic E-state index is 3.61. The SMILES string of the molecule is C=N/C=C\C=C(/C)C1CC1. The van der Waals surface area contributed by atoms with Crippen LogP contribution in [0.2, 0.25) is 0 Å². The van der Waals surface area contributed by atoms with E-state index in [1.165, 1.54) is 18.4 Å². The molecule has 1 rings (SSSR count). The molecule has 0 aliphatic heterocycles. The van der Waals surface area contributed by atoms with Crippen LogP contribution < -0.4 is 0 Å². The van der Waals surface area contributed by atoms with Gasteiger partial charge in [0, 0.05) is 6.20 Å². The van der Waals surface area contributed by atoms with Crippen molar-refractivity contribution in [3.63, 3.8) is 0 Å². The highest BCUT2D eigenvalue weighted by Gasteiger charge is 2.21. The summed E-state index contributed by atoms with van der Waals surface area (Å²) in [7, 11) is 0. The number of hydrogen-bond acceptors (Lipinski definition) is 1. The van der Waals surface area contributed by atoms with Crippen LogP contribution in [0, 0.1) is 5.92 Å². The van der Waals surface area contributed by atoms with Gasteiger partial charge in [0.25, 0.3) is 0 Å². The second kappa shape index (κ2) is 3.35. The molecule has 0 radical (unpaired) electrons. The number of rotatable bonds is 3. The molecule has 0 aromatic heterocycles. The first kappa shape index (κ1) is 7.26. The third-order valence-corrected chi connectivity index (χ3v) is 1.77. The Hall–Kier alpha value is -0.850. The summed E-state index contributed by atoms with van der Waals surface area (Å²) in [6, 6.07) is 0. The Balaban J connectivity index is 2.36. The van der Waals surface area contributed by atoms with Gasteiger partial charge in [-0.1, -0.05) is 11.6 Å². The topological polar surface area (TPSA) is 12.4 Å². The molecule has 0 saturated heterocycles. The fourth-order valence-electron chi connectivity index (χ4n) is 0.930. The molecule has 1 nitrogen and oxygen atoms in total. The van der Waals surface area contributed by atoms with Crippen LogP contribution in [0.25, 0.3) is 0 Å². The molecule has 1 saturated carbocycles. The van der Waals surface area contributed by atoms with Gasteiger partial charge in [0.15, 0.2) is 0 Å². The summed E-state index contributed by atoms with van der Waals surface area (Å²) in [5.74, 6) is 0.870. The maximum atomic E-state index is 3.61. The van der Waals surface area contributed by atoms with Gasteiger partial charge >= 0.3 is 0 Å². The quantitative estimate of drug-likeness (QED) is 0.416. The van der Waals surface area contributed by atoms with Crippen molar-refractivity contribution in [3.05, 3.63) is 23.9 Å². The van der Waals surface area contributed by atoms with Gasteiger partial charge in [-0.2, -0.15) is 0 Å². The van der Waals surface area contributed by atoms with Crippen molar-refractivity contribution >= 4 is 6.72 Å². The Morgan fingerprint density at radius 2 is 2.30 bits per heavy atom. The van der Waals surface area contributed by atoms with Crippen LogP contribution in [-0.2, 0) is 0 Å². The van der Waals surface area contributed by atoms with Crippen molar-refractivity contribution in [1.29, 1.82) is 0 Å². The van der Waals surface area contributed by atoms with E-state index in [0.717, 1.165) is 5.92 Å². The summed E-state index contributed by atoms with van der Waals surface area (Å²) in [5.41, 5.74) is 1.47. The lowest BCUT2D eigenvalue weighted by Gasteiger charge is -1.90. The normalized spacial score (nSPS) is 19.9. The number of hydrogen-bond donors (Lipinski definition) is 0. The van der Waals surface area contributed by atoms with Crippen LogP contribution >= 0.6 is 0 Å². The first-order valence-corrected chi connectivity index (χ1v) is 3.63. The maximum Gasteiger partial charge on any atom is 0.0260 e. The summed E-state index contributed by atoms with van der Waals surface area (Å²) in [6.07, 6.45) is 8.52. The Labute approximate surface area is 62.2 Å². The second-order valence-electron chi connectivity index (χ2n) is 2.71. The molecule has 0 bridgehead atoms. The van der Waals surface area contributed by atoms with Crippen LogP contribution in [0.15, 0.2) is 28.9 Å². The second-order valence-corrected chi connectivity index (χ2v) is 2.71. The molecular weight excluding hydrogens is 122 g/mol. The molecule has 1 aliphatic rings. The number of nitrogens with zero attached hydrogens (tertiary/aromatic N) is 1. The molecule has 0 unspecified atom stereocenters. The molecule has 54 valence electrons. The third-order valence-electron chi connectivity index (χ3n) is 1.77. The minimum absolute atomic E-state index is 0.870. The van der Waals surface area contributed by atoms with E-state index in [-0.39, 0.29) is 0 Å². The van der Waals surface area contributed by atoms with E-state index in [0.29, 0.717) is 0 Å². The van der Waals surface area contributed by atoms with Crippen molar-refractivity contribution in [3.8, 4) is 0 Å². The standard InChI is InChI=1S/C9H13N/c1-8(9-5-6-9)4-3-7-10-2/h3-4,7,9H,2,5-6H2,1H3/b7-3-,8-4+. The highest BCUT2D eigenvalue weighted by Crippen LogP contribution is 2.35. The fraction of sp³-hybridized carbons (Fsp3) is 0.444. The molecule has 0 atom stereocenters. The van der Waals surface area contributed by atoms with Crippen molar-refractivity contribution in [2.24, 2.45) is 10.9 Å². The van der Waals surface area contributed by atoms with Gasteiger partial charge in [-0.3, -0.25) is 4.99 Å². The zero-order valence-electron chi connectivity index (χ0n) is 6.38. The molecule has 0 N–H and O–H groups in total. The van der Waals surface area contributed by atoms with E-state index < -0.39 is 0 Å². The van der Waals surface area contributed by atoms with E-state index in [1.54, 1.807) is 6.20 Å². The highest BCUT2D eigenvalue weighted by molar-refractivity contribution is 5.26. The van der Waals surface area contributed by atoms with Crippen molar-refractivity contribution in [2.75, 3.05) is 0 Å². The lowest BCUT2D eigenvalue weighted by Crippen LogP contribution is -1.74. The number of aliphatic imine (C=N–C) groups is 1. The first-order valence-electron chi connectivity index (χ1n) is 3.63. The van der Waals surface area contributed by atoms with E-state index in [4.69, 9.17) is 0 Å². The van der Waals surface area contributed by atoms with Crippen LogP contribution in [-0.4, -0.2) is 6.72 Å². The van der Waals surface area contributed by atoms with Crippen LogP contribution in [0.1, 0.15) is 19.8 Å². The summed E-state index contributed by atoms with van der Waals surface area (Å²) >= 11 is 0. The average molecular weight is 135 g/mol. The van der Waals surface area contributed by atoms with E-state index in [1.807, 2.05) is 6.08 Å². The molecule has 0 aromatic carbocycles. The summed E-state index contributed by atoms with van der Waals surface area (Å²) in [4.78, 5) is 3.61. The Kier molecular flexibility index (Phi) is 2.43. The summed E-state index contributed by atoms with van der Waals surface area (Å²) in [6.45, 7) is 5.52. The van der Waals surface area contributed by atoms with Crippen molar-refractivity contribution in [2.45, 2.75) is 19.8 Å². The van der Waals surface area contributed by atoms with Gasteiger partial charge < -0.3 is 0 Å². The molecule has 0 heterocycles. The number of allylic oxidation sites excluding steroid dienone is 3. The molecule has 0 aromatic rings. The van der Waals surface area contributed by atoms with Gasteiger partial charge in [-0.15, -0.1) is 0 Å². The largest absolute Gasteiger partial charge is 0.273 e. The zero-order valence-corrected chi connectivity index (χ0v) is 6.38. The monoisotopic (exact) mass is 135 g/mol. The van der Waals surface area contributed by atoms with Crippen molar-refractivity contribution in [1.82, 2.24) is 0 Å².